The summed E-state index contributed by atoms with van der Waals surface area (Å²) in [5, 5.41) is 11.9. The predicted molar refractivity (Wildman–Crippen MR) is 138 cm³/mol. The molecule has 33 heavy (non-hydrogen) atoms. The quantitative estimate of drug-likeness (QED) is 0.290. The molecule has 0 radical (unpaired) electrons. The highest BCUT2D eigenvalue weighted by atomic mass is 127. The topological polar surface area (TPSA) is 96.5 Å². The van der Waals surface area contributed by atoms with E-state index in [1.807, 2.05) is 68.0 Å². The Morgan fingerprint density at radius 3 is 2.61 bits per heavy atom. The van der Waals surface area contributed by atoms with E-state index in [1.54, 1.807) is 15.8 Å². The van der Waals surface area contributed by atoms with E-state index >= 15 is 0 Å². The van der Waals surface area contributed by atoms with Gasteiger partial charge in [-0.15, -0.1) is 24.0 Å². The third-order valence-corrected chi connectivity index (χ3v) is 5.31. The second kappa shape index (κ2) is 10.8. The summed E-state index contributed by atoms with van der Waals surface area (Å²) in [5.41, 5.74) is 3.83. The molecule has 10 nitrogen and oxygen atoms in total. The van der Waals surface area contributed by atoms with Crippen LogP contribution in [0.1, 0.15) is 23.9 Å². The molecule has 0 saturated carbocycles. The van der Waals surface area contributed by atoms with Crippen molar-refractivity contribution in [2.24, 2.45) is 12.0 Å². The van der Waals surface area contributed by atoms with E-state index in [0.29, 0.717) is 19.6 Å². The zero-order valence-electron chi connectivity index (χ0n) is 19.4. The molecule has 1 aliphatic heterocycles. The number of amides is 1. The average Bonchev–Trinajstić information content (AvgIpc) is 3.35. The lowest BCUT2D eigenvalue weighted by molar-refractivity contribution is -0.120. The van der Waals surface area contributed by atoms with Crippen LogP contribution in [0, 0.1) is 13.8 Å². The van der Waals surface area contributed by atoms with E-state index in [1.165, 1.54) is 0 Å². The van der Waals surface area contributed by atoms with Gasteiger partial charge < -0.3 is 15.1 Å². The minimum atomic E-state index is 0. The van der Waals surface area contributed by atoms with Crippen LogP contribution in [-0.2, 0) is 18.4 Å². The standard InChI is InChI=1S/C22H29N9O.HI/c1-5-23-22(29-8-9-30(21(32)15-29)19-13-26-28(4)14-19)25-12-18-6-7-20(24-11-18)31-17(3)10-16(2)27-31;/h6-7,10-11,13-14H,5,8-9,12,15H2,1-4H3,(H,23,25);1H. The Morgan fingerprint density at radius 1 is 1.21 bits per heavy atom. The van der Waals surface area contributed by atoms with Gasteiger partial charge in [0.1, 0.15) is 6.54 Å². The predicted octanol–water partition coefficient (Wildman–Crippen LogP) is 2.05. The number of carbonyl (C=O) groups is 1. The van der Waals surface area contributed by atoms with Gasteiger partial charge in [0.2, 0.25) is 5.91 Å². The van der Waals surface area contributed by atoms with Crippen molar-refractivity contribution < 1.29 is 4.79 Å². The molecule has 1 fully saturated rings. The first-order chi connectivity index (χ1) is 15.4. The summed E-state index contributed by atoms with van der Waals surface area (Å²) in [6, 6.07) is 5.99. The number of guanidine groups is 1. The fourth-order valence-corrected chi connectivity index (χ4v) is 3.76. The van der Waals surface area contributed by atoms with Crippen molar-refractivity contribution in [2.75, 3.05) is 31.1 Å². The summed E-state index contributed by atoms with van der Waals surface area (Å²) < 4.78 is 3.54. The number of anilines is 1. The van der Waals surface area contributed by atoms with Gasteiger partial charge in [0, 0.05) is 44.8 Å². The Hall–Kier alpha value is -2.96. The van der Waals surface area contributed by atoms with Gasteiger partial charge in [-0.2, -0.15) is 10.2 Å². The fourth-order valence-electron chi connectivity index (χ4n) is 3.76. The van der Waals surface area contributed by atoms with Crippen molar-refractivity contribution in [2.45, 2.75) is 27.3 Å². The van der Waals surface area contributed by atoms with Crippen LogP contribution >= 0.6 is 24.0 Å². The first-order valence-electron chi connectivity index (χ1n) is 10.8. The molecule has 11 heteroatoms. The molecule has 3 aromatic rings. The smallest absolute Gasteiger partial charge is 0.246 e. The number of halogens is 1. The fraction of sp³-hybridized carbons (Fsp3) is 0.409. The molecule has 0 aromatic carbocycles. The lowest BCUT2D eigenvalue weighted by atomic mass is 10.2. The van der Waals surface area contributed by atoms with Gasteiger partial charge in [-0.3, -0.25) is 9.48 Å². The monoisotopic (exact) mass is 563 g/mol. The van der Waals surface area contributed by atoms with Crippen molar-refractivity contribution in [3.63, 3.8) is 0 Å². The number of pyridine rings is 1. The Labute approximate surface area is 210 Å². The highest BCUT2D eigenvalue weighted by Crippen LogP contribution is 2.16. The largest absolute Gasteiger partial charge is 0.356 e. The molecule has 1 N–H and O–H groups in total. The van der Waals surface area contributed by atoms with Gasteiger partial charge in [-0.1, -0.05) is 6.07 Å². The summed E-state index contributed by atoms with van der Waals surface area (Å²) >= 11 is 0. The molecular formula is C22H30IN9O. The number of aryl methyl sites for hydroxylation is 3. The zero-order chi connectivity index (χ0) is 22.7. The first kappa shape index (κ1) is 24.7. The van der Waals surface area contributed by atoms with Gasteiger partial charge in [-0.05, 0) is 38.5 Å². The Bertz CT molecular complexity index is 1120. The number of aliphatic imine (C=N–C) groups is 1. The van der Waals surface area contributed by atoms with Gasteiger partial charge in [0.05, 0.1) is 24.1 Å². The van der Waals surface area contributed by atoms with E-state index in [0.717, 1.165) is 41.0 Å². The van der Waals surface area contributed by atoms with Crippen LogP contribution in [0.15, 0.2) is 41.8 Å². The molecule has 0 aliphatic carbocycles. The van der Waals surface area contributed by atoms with Crippen LogP contribution in [0.25, 0.3) is 5.82 Å². The van der Waals surface area contributed by atoms with Crippen LogP contribution in [0.5, 0.6) is 0 Å². The van der Waals surface area contributed by atoms with Gasteiger partial charge in [0.15, 0.2) is 11.8 Å². The number of aromatic nitrogens is 5. The number of nitrogens with one attached hydrogen (secondary N) is 1. The van der Waals surface area contributed by atoms with Crippen molar-refractivity contribution in [1.82, 2.24) is 34.8 Å². The highest BCUT2D eigenvalue weighted by molar-refractivity contribution is 14.0. The van der Waals surface area contributed by atoms with Crippen molar-refractivity contribution in [3.8, 4) is 5.82 Å². The number of rotatable bonds is 5. The molecule has 0 spiro atoms. The Kier molecular flexibility index (Phi) is 8.06. The third kappa shape index (κ3) is 5.70. The Morgan fingerprint density at radius 2 is 2.03 bits per heavy atom. The molecule has 1 aliphatic rings. The summed E-state index contributed by atoms with van der Waals surface area (Å²) in [7, 11) is 1.85. The second-order valence-corrected chi connectivity index (χ2v) is 7.87. The van der Waals surface area contributed by atoms with Gasteiger partial charge in [-0.25, -0.2) is 14.7 Å². The molecule has 1 saturated heterocycles. The number of hydrogen-bond acceptors (Lipinski definition) is 5. The Balaban J connectivity index is 0.00000306. The summed E-state index contributed by atoms with van der Waals surface area (Å²) in [4.78, 5) is 25.8. The summed E-state index contributed by atoms with van der Waals surface area (Å²) in [6.07, 6.45) is 5.40. The van der Waals surface area contributed by atoms with Crippen LogP contribution < -0.4 is 10.2 Å². The molecule has 0 atom stereocenters. The average molecular weight is 563 g/mol. The van der Waals surface area contributed by atoms with Gasteiger partial charge >= 0.3 is 0 Å². The van der Waals surface area contributed by atoms with Crippen molar-refractivity contribution in [1.29, 1.82) is 0 Å². The number of hydrogen-bond donors (Lipinski definition) is 1. The van der Waals surface area contributed by atoms with Crippen LogP contribution in [0.3, 0.4) is 0 Å². The molecular weight excluding hydrogens is 533 g/mol. The molecule has 0 unspecified atom stereocenters. The van der Waals surface area contributed by atoms with Crippen LogP contribution in [-0.4, -0.2) is 67.5 Å². The normalized spacial score (nSPS) is 14.4. The third-order valence-electron chi connectivity index (χ3n) is 5.31. The zero-order valence-corrected chi connectivity index (χ0v) is 21.7. The number of piperazine rings is 1. The number of nitrogens with zero attached hydrogens (tertiary/aromatic N) is 8. The van der Waals surface area contributed by atoms with E-state index in [9.17, 15) is 4.79 Å². The SMILES string of the molecule is CCNC(=NCc1ccc(-n2nc(C)cc2C)nc1)N1CCN(c2cnn(C)c2)C(=O)C1.I. The minimum Gasteiger partial charge on any atom is -0.356 e. The lowest BCUT2D eigenvalue weighted by Crippen LogP contribution is -2.55. The maximum Gasteiger partial charge on any atom is 0.246 e. The molecule has 4 heterocycles. The van der Waals surface area contributed by atoms with E-state index in [2.05, 4.69) is 20.5 Å². The summed E-state index contributed by atoms with van der Waals surface area (Å²) in [5.74, 6) is 1.55. The minimum absolute atomic E-state index is 0. The van der Waals surface area contributed by atoms with Gasteiger partial charge in [0.25, 0.3) is 0 Å². The van der Waals surface area contributed by atoms with Crippen molar-refractivity contribution in [3.05, 3.63) is 53.7 Å². The van der Waals surface area contributed by atoms with E-state index in [-0.39, 0.29) is 36.4 Å². The molecule has 4 rings (SSSR count). The maximum atomic E-state index is 12.7. The van der Waals surface area contributed by atoms with Crippen LogP contribution in [0.4, 0.5) is 5.69 Å². The second-order valence-electron chi connectivity index (χ2n) is 7.87. The molecule has 3 aromatic heterocycles. The van der Waals surface area contributed by atoms with Crippen LogP contribution in [0.2, 0.25) is 0 Å². The lowest BCUT2D eigenvalue weighted by Gasteiger charge is -2.35. The number of carbonyl (C=O) groups excluding carboxylic acids is 1. The molecule has 0 bridgehead atoms. The van der Waals surface area contributed by atoms with E-state index < -0.39 is 0 Å². The molecule has 1 amide bonds. The van der Waals surface area contributed by atoms with E-state index in [4.69, 9.17) is 4.99 Å². The highest BCUT2D eigenvalue weighted by Gasteiger charge is 2.27. The summed E-state index contributed by atoms with van der Waals surface area (Å²) in [6.45, 7) is 8.77. The maximum absolute atomic E-state index is 12.7. The first-order valence-corrected chi connectivity index (χ1v) is 10.8. The van der Waals surface area contributed by atoms with Crippen molar-refractivity contribution >= 4 is 41.5 Å². The molecule has 176 valence electrons.